The van der Waals surface area contributed by atoms with Crippen molar-refractivity contribution in [1.82, 2.24) is 9.80 Å². The number of benzene rings is 1. The number of halogens is 1. The van der Waals surface area contributed by atoms with Gasteiger partial charge in [0.15, 0.2) is 9.84 Å². The molecule has 0 radical (unpaired) electrons. The van der Waals surface area contributed by atoms with Crippen LogP contribution in [0.15, 0.2) is 28.7 Å². The van der Waals surface area contributed by atoms with Crippen molar-refractivity contribution in [1.29, 1.82) is 0 Å². The van der Waals surface area contributed by atoms with Gasteiger partial charge in [0.05, 0.1) is 17.9 Å². The lowest BCUT2D eigenvalue weighted by Gasteiger charge is -2.37. The quantitative estimate of drug-likeness (QED) is 0.767. The third-order valence-electron chi connectivity index (χ3n) is 4.66. The highest BCUT2D eigenvalue weighted by Crippen LogP contribution is 2.19. The summed E-state index contributed by atoms with van der Waals surface area (Å²) in [6.07, 6.45) is 1.15. The van der Waals surface area contributed by atoms with Gasteiger partial charge in [-0.25, -0.2) is 8.42 Å². The molecule has 0 bridgehead atoms. The number of nitrogens with zero attached hydrogens (tertiary/aromatic N) is 2. The standard InChI is InChI=1S/C16H21BrN2O3S/c17-14-3-1-13(2-4-14)11-16(20)19-8-6-18(7-9-19)15-5-10-23(21,22)12-15/h1-4,15H,5-12H2/t15-/m0/s1. The summed E-state index contributed by atoms with van der Waals surface area (Å²) in [6.45, 7) is 2.91. The van der Waals surface area contributed by atoms with E-state index in [9.17, 15) is 13.2 Å². The summed E-state index contributed by atoms with van der Waals surface area (Å²) in [4.78, 5) is 16.5. The van der Waals surface area contributed by atoms with Crippen molar-refractivity contribution in [2.75, 3.05) is 37.7 Å². The second kappa shape index (κ2) is 6.91. The maximum absolute atomic E-state index is 12.4. The summed E-state index contributed by atoms with van der Waals surface area (Å²) in [5, 5.41) is 0. The SMILES string of the molecule is O=C(Cc1ccc(Br)cc1)N1CCN([C@H]2CCS(=O)(=O)C2)CC1. The van der Waals surface area contributed by atoms with Crippen LogP contribution in [-0.2, 0) is 21.1 Å². The highest BCUT2D eigenvalue weighted by atomic mass is 79.9. The fraction of sp³-hybridized carbons (Fsp3) is 0.562. The summed E-state index contributed by atoms with van der Waals surface area (Å²) >= 11 is 3.39. The number of sulfone groups is 1. The molecule has 2 aliphatic heterocycles. The molecule has 0 aromatic heterocycles. The molecule has 2 fully saturated rings. The van der Waals surface area contributed by atoms with E-state index in [-0.39, 0.29) is 17.7 Å². The van der Waals surface area contributed by atoms with E-state index in [1.54, 1.807) is 0 Å². The molecule has 0 spiro atoms. The first-order chi connectivity index (χ1) is 10.9. The molecule has 1 amide bonds. The molecule has 1 atom stereocenters. The fourth-order valence-electron chi connectivity index (χ4n) is 3.29. The number of rotatable bonds is 3. The Labute approximate surface area is 145 Å². The van der Waals surface area contributed by atoms with Gasteiger partial charge in [0.25, 0.3) is 0 Å². The predicted octanol–water partition coefficient (Wildman–Crippen LogP) is 1.32. The van der Waals surface area contributed by atoms with Gasteiger partial charge in [0.2, 0.25) is 5.91 Å². The van der Waals surface area contributed by atoms with Gasteiger partial charge >= 0.3 is 0 Å². The van der Waals surface area contributed by atoms with Crippen LogP contribution >= 0.6 is 15.9 Å². The number of hydrogen-bond acceptors (Lipinski definition) is 4. The normalized spacial score (nSPS) is 24.7. The first-order valence-corrected chi connectivity index (χ1v) is 10.5. The minimum Gasteiger partial charge on any atom is -0.340 e. The molecular formula is C16H21BrN2O3S. The van der Waals surface area contributed by atoms with Gasteiger partial charge in [-0.05, 0) is 24.1 Å². The lowest BCUT2D eigenvalue weighted by Crippen LogP contribution is -2.52. The summed E-state index contributed by atoms with van der Waals surface area (Å²) in [6, 6.07) is 7.95. The monoisotopic (exact) mass is 400 g/mol. The minimum absolute atomic E-state index is 0.142. The molecule has 2 heterocycles. The molecule has 0 unspecified atom stereocenters. The molecule has 23 heavy (non-hydrogen) atoms. The molecular weight excluding hydrogens is 380 g/mol. The zero-order chi connectivity index (χ0) is 16.4. The van der Waals surface area contributed by atoms with Crippen molar-refractivity contribution >= 4 is 31.7 Å². The van der Waals surface area contributed by atoms with Gasteiger partial charge in [-0.1, -0.05) is 28.1 Å². The molecule has 7 heteroatoms. The van der Waals surface area contributed by atoms with E-state index in [4.69, 9.17) is 0 Å². The Balaban J connectivity index is 1.50. The highest BCUT2D eigenvalue weighted by Gasteiger charge is 2.34. The lowest BCUT2D eigenvalue weighted by molar-refractivity contribution is -0.132. The smallest absolute Gasteiger partial charge is 0.227 e. The summed E-state index contributed by atoms with van der Waals surface area (Å²) in [5.74, 6) is 0.728. The Morgan fingerprint density at radius 2 is 1.78 bits per heavy atom. The van der Waals surface area contributed by atoms with Gasteiger partial charge < -0.3 is 4.90 Å². The molecule has 1 aromatic carbocycles. The lowest BCUT2D eigenvalue weighted by atomic mass is 10.1. The summed E-state index contributed by atoms with van der Waals surface area (Å²) in [7, 11) is -2.84. The average Bonchev–Trinajstić information content (AvgIpc) is 2.90. The Morgan fingerprint density at radius 1 is 1.13 bits per heavy atom. The van der Waals surface area contributed by atoms with Crippen LogP contribution in [0.4, 0.5) is 0 Å². The zero-order valence-corrected chi connectivity index (χ0v) is 15.4. The molecule has 2 aliphatic rings. The van der Waals surface area contributed by atoms with Crippen LogP contribution in [0.5, 0.6) is 0 Å². The number of carbonyl (C=O) groups is 1. The Morgan fingerprint density at radius 3 is 2.35 bits per heavy atom. The first-order valence-electron chi connectivity index (χ1n) is 7.90. The number of carbonyl (C=O) groups excluding carboxylic acids is 1. The maximum Gasteiger partial charge on any atom is 0.227 e. The van der Waals surface area contributed by atoms with Crippen molar-refractivity contribution in [3.63, 3.8) is 0 Å². The Kier molecular flexibility index (Phi) is 5.08. The van der Waals surface area contributed by atoms with Crippen LogP contribution in [-0.4, -0.2) is 67.9 Å². The van der Waals surface area contributed by atoms with Gasteiger partial charge in [0.1, 0.15) is 0 Å². The van der Waals surface area contributed by atoms with Gasteiger partial charge in [-0.2, -0.15) is 0 Å². The van der Waals surface area contributed by atoms with Crippen LogP contribution in [0.25, 0.3) is 0 Å². The van der Waals surface area contributed by atoms with Crippen molar-refractivity contribution in [3.05, 3.63) is 34.3 Å². The Hall–Kier alpha value is -0.920. The maximum atomic E-state index is 12.4. The van der Waals surface area contributed by atoms with E-state index in [2.05, 4.69) is 20.8 Å². The molecule has 5 nitrogen and oxygen atoms in total. The van der Waals surface area contributed by atoms with Crippen molar-refractivity contribution in [3.8, 4) is 0 Å². The average molecular weight is 401 g/mol. The molecule has 126 valence electrons. The second-order valence-electron chi connectivity index (χ2n) is 6.28. The Bertz CT molecular complexity index is 667. The van der Waals surface area contributed by atoms with Crippen LogP contribution in [0.1, 0.15) is 12.0 Å². The van der Waals surface area contributed by atoms with Crippen LogP contribution < -0.4 is 0 Å². The van der Waals surface area contributed by atoms with Gasteiger partial charge in [-0.3, -0.25) is 9.69 Å². The van der Waals surface area contributed by atoms with Crippen LogP contribution in [0.3, 0.4) is 0 Å². The molecule has 0 saturated carbocycles. The van der Waals surface area contributed by atoms with E-state index >= 15 is 0 Å². The minimum atomic E-state index is -2.84. The highest BCUT2D eigenvalue weighted by molar-refractivity contribution is 9.10. The molecule has 3 rings (SSSR count). The molecule has 2 saturated heterocycles. The topological polar surface area (TPSA) is 57.7 Å². The van der Waals surface area contributed by atoms with Crippen LogP contribution in [0.2, 0.25) is 0 Å². The first kappa shape index (κ1) is 16.9. The van der Waals surface area contributed by atoms with Crippen LogP contribution in [0, 0.1) is 0 Å². The second-order valence-corrected chi connectivity index (χ2v) is 9.42. The van der Waals surface area contributed by atoms with E-state index in [0.717, 1.165) is 29.5 Å². The van der Waals surface area contributed by atoms with Crippen molar-refractivity contribution in [2.45, 2.75) is 18.9 Å². The molecule has 1 aromatic rings. The summed E-state index contributed by atoms with van der Waals surface area (Å²) in [5.41, 5.74) is 1.02. The van der Waals surface area contributed by atoms with E-state index in [1.807, 2.05) is 29.2 Å². The van der Waals surface area contributed by atoms with Crippen molar-refractivity contribution in [2.24, 2.45) is 0 Å². The van der Waals surface area contributed by atoms with E-state index in [1.165, 1.54) is 0 Å². The van der Waals surface area contributed by atoms with Gasteiger partial charge in [0, 0.05) is 36.7 Å². The van der Waals surface area contributed by atoms with Gasteiger partial charge in [-0.15, -0.1) is 0 Å². The third kappa shape index (κ3) is 4.33. The molecule has 0 aliphatic carbocycles. The summed E-state index contributed by atoms with van der Waals surface area (Å²) < 4.78 is 24.2. The predicted molar refractivity (Wildman–Crippen MR) is 93.1 cm³/mol. The fourth-order valence-corrected chi connectivity index (χ4v) is 5.31. The number of piperazine rings is 1. The van der Waals surface area contributed by atoms with E-state index in [0.29, 0.717) is 25.3 Å². The number of amides is 1. The zero-order valence-electron chi connectivity index (χ0n) is 12.9. The molecule has 0 N–H and O–H groups in total. The number of hydrogen-bond donors (Lipinski definition) is 0. The largest absolute Gasteiger partial charge is 0.340 e. The van der Waals surface area contributed by atoms with Crippen molar-refractivity contribution < 1.29 is 13.2 Å². The van der Waals surface area contributed by atoms with E-state index < -0.39 is 9.84 Å². The third-order valence-corrected chi connectivity index (χ3v) is 6.94.